The Hall–Kier alpha value is -2.62. The number of anilines is 1. The van der Waals surface area contributed by atoms with Crippen LogP contribution in [0.3, 0.4) is 0 Å². The molecule has 9 heteroatoms. The molecule has 0 aliphatic carbocycles. The Morgan fingerprint density at radius 1 is 1.08 bits per heavy atom. The number of imide groups is 1. The minimum atomic E-state index is -3.75. The van der Waals surface area contributed by atoms with E-state index >= 15 is 0 Å². The fraction of sp³-hybridized carbons (Fsp3) is 0.176. The number of primary sulfonamides is 1. The van der Waals surface area contributed by atoms with Crippen LogP contribution in [0.1, 0.15) is 12.0 Å². The summed E-state index contributed by atoms with van der Waals surface area (Å²) in [4.78, 5) is 25.7. The number of hydrogen-bond acceptors (Lipinski definition) is 4. The van der Waals surface area contributed by atoms with Crippen molar-refractivity contribution in [1.82, 2.24) is 0 Å². The summed E-state index contributed by atoms with van der Waals surface area (Å²) in [5.74, 6) is -1.14. The molecule has 1 heterocycles. The molecule has 0 spiro atoms. The third-order valence-corrected chi connectivity index (χ3v) is 5.09. The SMILES string of the molecule is NS(=O)(=O)c1ccc(C[NH2+]C2CC(=O)N(c3ccc(F)cc3)C2=O)cc1. The molecule has 26 heavy (non-hydrogen) atoms. The second-order valence-electron chi connectivity index (χ2n) is 5.98. The number of hydrogen-bond donors (Lipinski definition) is 2. The lowest BCUT2D eigenvalue weighted by atomic mass is 10.2. The second kappa shape index (κ2) is 6.94. The summed E-state index contributed by atoms with van der Waals surface area (Å²) in [5.41, 5.74) is 1.13. The predicted octanol–water partition coefficient (Wildman–Crippen LogP) is -0.131. The number of quaternary nitrogens is 1. The van der Waals surface area contributed by atoms with Crippen LogP contribution in [0.15, 0.2) is 53.4 Å². The standard InChI is InChI=1S/C17H16FN3O4S/c18-12-3-5-13(6-4-12)21-16(22)9-15(17(21)23)20-10-11-1-7-14(8-2-11)26(19,24)25/h1-8,15,20H,9-10H2,(H2,19,24,25)/p+1. The number of carbonyl (C=O) groups excluding carboxylic acids is 2. The number of sulfonamides is 1. The van der Waals surface area contributed by atoms with Crippen molar-refractivity contribution in [2.45, 2.75) is 23.9 Å². The molecule has 0 saturated carbocycles. The first-order valence-corrected chi connectivity index (χ1v) is 9.38. The molecule has 1 saturated heterocycles. The van der Waals surface area contributed by atoms with Crippen LogP contribution in [0.25, 0.3) is 0 Å². The summed E-state index contributed by atoms with van der Waals surface area (Å²) in [6.45, 7) is 0.395. The molecule has 1 aliphatic heterocycles. The summed E-state index contributed by atoms with van der Waals surface area (Å²) in [5, 5.41) is 6.76. The van der Waals surface area contributed by atoms with Crippen molar-refractivity contribution in [3.8, 4) is 0 Å². The molecule has 7 nitrogen and oxygen atoms in total. The minimum Gasteiger partial charge on any atom is -0.332 e. The van der Waals surface area contributed by atoms with E-state index in [1.807, 2.05) is 0 Å². The average molecular weight is 378 g/mol. The van der Waals surface area contributed by atoms with Gasteiger partial charge in [0.2, 0.25) is 15.9 Å². The summed E-state index contributed by atoms with van der Waals surface area (Å²) >= 11 is 0. The maximum Gasteiger partial charge on any atom is 0.292 e. The van der Waals surface area contributed by atoms with E-state index in [0.717, 1.165) is 10.5 Å². The molecule has 2 amide bonds. The molecule has 0 bridgehead atoms. The van der Waals surface area contributed by atoms with Gasteiger partial charge in [-0.25, -0.2) is 22.8 Å². The molecule has 3 rings (SSSR count). The summed E-state index contributed by atoms with van der Waals surface area (Å²) in [6, 6.07) is 10.6. The highest BCUT2D eigenvalue weighted by Crippen LogP contribution is 2.21. The average Bonchev–Trinajstić information content (AvgIpc) is 2.87. The zero-order valence-corrected chi connectivity index (χ0v) is 14.4. The lowest BCUT2D eigenvalue weighted by Crippen LogP contribution is -2.90. The van der Waals surface area contributed by atoms with Crippen molar-refractivity contribution in [1.29, 1.82) is 0 Å². The van der Waals surface area contributed by atoms with Crippen LogP contribution in [0.2, 0.25) is 0 Å². The Morgan fingerprint density at radius 2 is 1.69 bits per heavy atom. The first-order chi connectivity index (χ1) is 12.3. The van der Waals surface area contributed by atoms with Crippen molar-refractivity contribution in [2.24, 2.45) is 5.14 Å². The minimum absolute atomic E-state index is 0.0101. The molecular formula is C17H17FN3O4S+. The molecule has 136 valence electrons. The lowest BCUT2D eigenvalue weighted by Gasteiger charge is -2.14. The van der Waals surface area contributed by atoms with E-state index in [0.29, 0.717) is 12.2 Å². The molecular weight excluding hydrogens is 361 g/mol. The van der Waals surface area contributed by atoms with Crippen LogP contribution in [0.5, 0.6) is 0 Å². The van der Waals surface area contributed by atoms with Crippen molar-refractivity contribution in [3.05, 3.63) is 59.9 Å². The summed E-state index contributed by atoms with van der Waals surface area (Å²) in [7, 11) is -3.75. The van der Waals surface area contributed by atoms with E-state index in [1.165, 1.54) is 36.4 Å². The van der Waals surface area contributed by atoms with Crippen LogP contribution < -0.4 is 15.4 Å². The smallest absolute Gasteiger partial charge is 0.292 e. The number of benzene rings is 2. The van der Waals surface area contributed by atoms with Crippen LogP contribution >= 0.6 is 0 Å². The number of halogens is 1. The van der Waals surface area contributed by atoms with Gasteiger partial charge in [0.05, 0.1) is 17.0 Å². The Balaban J connectivity index is 1.67. The first-order valence-electron chi connectivity index (χ1n) is 7.83. The molecule has 2 aromatic rings. The molecule has 1 aliphatic rings. The van der Waals surface area contributed by atoms with Gasteiger partial charge in [-0.1, -0.05) is 12.1 Å². The number of amides is 2. The molecule has 2 aromatic carbocycles. The summed E-state index contributed by atoms with van der Waals surface area (Å²) in [6.07, 6.45) is 0.0471. The van der Waals surface area contributed by atoms with Gasteiger partial charge in [-0.2, -0.15) is 0 Å². The third kappa shape index (κ3) is 3.79. The lowest BCUT2D eigenvalue weighted by molar-refractivity contribution is -0.690. The Bertz CT molecular complexity index is 943. The zero-order chi connectivity index (χ0) is 18.9. The molecule has 1 fully saturated rings. The molecule has 1 atom stereocenters. The van der Waals surface area contributed by atoms with E-state index in [1.54, 1.807) is 17.4 Å². The number of carbonyl (C=O) groups is 2. The van der Waals surface area contributed by atoms with Gasteiger partial charge < -0.3 is 5.32 Å². The van der Waals surface area contributed by atoms with Gasteiger partial charge in [0.25, 0.3) is 5.91 Å². The topological polar surface area (TPSA) is 114 Å². The van der Waals surface area contributed by atoms with E-state index in [-0.39, 0.29) is 23.1 Å². The highest BCUT2D eigenvalue weighted by atomic mass is 32.2. The Morgan fingerprint density at radius 3 is 2.27 bits per heavy atom. The van der Waals surface area contributed by atoms with Crippen LogP contribution in [0, 0.1) is 5.82 Å². The van der Waals surface area contributed by atoms with E-state index in [2.05, 4.69) is 0 Å². The van der Waals surface area contributed by atoms with Gasteiger partial charge >= 0.3 is 0 Å². The molecule has 0 radical (unpaired) electrons. The maximum absolute atomic E-state index is 13.0. The largest absolute Gasteiger partial charge is 0.332 e. The number of nitrogens with zero attached hydrogens (tertiary/aromatic N) is 1. The number of rotatable bonds is 5. The van der Waals surface area contributed by atoms with Gasteiger partial charge in [0.15, 0.2) is 6.04 Å². The van der Waals surface area contributed by atoms with Crippen LogP contribution in [-0.4, -0.2) is 26.3 Å². The van der Waals surface area contributed by atoms with Crippen molar-refractivity contribution in [3.63, 3.8) is 0 Å². The Labute approximate surface area is 149 Å². The van der Waals surface area contributed by atoms with E-state index < -0.39 is 21.9 Å². The Kier molecular flexibility index (Phi) is 4.86. The quantitative estimate of drug-likeness (QED) is 0.705. The van der Waals surface area contributed by atoms with Crippen LogP contribution in [0.4, 0.5) is 10.1 Å². The predicted molar refractivity (Wildman–Crippen MR) is 90.7 cm³/mol. The molecule has 1 unspecified atom stereocenters. The highest BCUT2D eigenvalue weighted by molar-refractivity contribution is 7.89. The van der Waals surface area contributed by atoms with Gasteiger partial charge in [-0.15, -0.1) is 0 Å². The first kappa shape index (κ1) is 18.2. The van der Waals surface area contributed by atoms with E-state index in [9.17, 15) is 22.4 Å². The monoisotopic (exact) mass is 378 g/mol. The molecule has 4 N–H and O–H groups in total. The van der Waals surface area contributed by atoms with Crippen molar-refractivity contribution in [2.75, 3.05) is 4.90 Å². The molecule has 0 aromatic heterocycles. The van der Waals surface area contributed by atoms with Crippen LogP contribution in [-0.2, 0) is 26.2 Å². The number of nitrogens with two attached hydrogens (primary N) is 2. The van der Waals surface area contributed by atoms with Gasteiger partial charge in [0, 0.05) is 5.56 Å². The highest BCUT2D eigenvalue weighted by Gasteiger charge is 2.42. The fourth-order valence-electron chi connectivity index (χ4n) is 2.79. The summed E-state index contributed by atoms with van der Waals surface area (Å²) < 4.78 is 35.5. The zero-order valence-electron chi connectivity index (χ0n) is 13.6. The van der Waals surface area contributed by atoms with Crippen molar-refractivity contribution >= 4 is 27.5 Å². The van der Waals surface area contributed by atoms with E-state index in [4.69, 9.17) is 5.14 Å². The third-order valence-electron chi connectivity index (χ3n) is 4.16. The van der Waals surface area contributed by atoms with Crippen molar-refractivity contribution < 1.29 is 27.7 Å². The normalized spacial score (nSPS) is 17.8. The van der Waals surface area contributed by atoms with Gasteiger partial charge in [-0.3, -0.25) is 9.59 Å². The maximum atomic E-state index is 13.0. The fourth-order valence-corrected chi connectivity index (χ4v) is 3.31. The second-order valence-corrected chi connectivity index (χ2v) is 7.54. The van der Waals surface area contributed by atoms with Gasteiger partial charge in [-0.05, 0) is 36.4 Å². The van der Waals surface area contributed by atoms with Gasteiger partial charge in [0.1, 0.15) is 12.4 Å².